The van der Waals surface area contributed by atoms with Gasteiger partial charge in [0.2, 0.25) is 0 Å². The Labute approximate surface area is 96.0 Å². The molecule has 1 aliphatic heterocycles. The van der Waals surface area contributed by atoms with Crippen LogP contribution in [0.2, 0.25) is 0 Å². The first kappa shape index (κ1) is 13.9. The smallest absolute Gasteiger partial charge is 0.114 e. The first-order valence-electron chi connectivity index (χ1n) is 5.48. The molecule has 0 radical (unpaired) electrons. The lowest BCUT2D eigenvalue weighted by Gasteiger charge is -2.46. The lowest BCUT2D eigenvalue weighted by Crippen LogP contribution is -2.62. The summed E-state index contributed by atoms with van der Waals surface area (Å²) in [4.78, 5) is 0. The molecule has 5 atom stereocenters. The second-order valence-electron chi connectivity index (χ2n) is 5.33. The highest BCUT2D eigenvalue weighted by atomic mass is 16.6. The Kier molecular flexibility index (Phi) is 4.31. The summed E-state index contributed by atoms with van der Waals surface area (Å²) in [6.45, 7) is 5.49. The Morgan fingerprint density at radius 3 is 2.12 bits per heavy atom. The van der Waals surface area contributed by atoms with Crippen LogP contribution >= 0.6 is 0 Å². The van der Waals surface area contributed by atoms with Gasteiger partial charge in [-0.25, -0.2) is 0 Å². The number of rotatable bonds is 2. The lowest BCUT2D eigenvalue weighted by atomic mass is 9.80. The summed E-state index contributed by atoms with van der Waals surface area (Å²) >= 11 is 0. The van der Waals surface area contributed by atoms with Crippen molar-refractivity contribution < 1.29 is 24.8 Å². The molecule has 5 nitrogen and oxygen atoms in total. The SMILES string of the molecule is CO[C@H]1C(CO)O[C@@H](C(C)(C)C)[C@H](O)C1O. The predicted octanol–water partition coefficient (Wildman–Crippen LogP) is -0.471. The van der Waals surface area contributed by atoms with E-state index < -0.39 is 30.5 Å². The van der Waals surface area contributed by atoms with Crippen LogP contribution in [-0.4, -0.2) is 59.6 Å². The molecular weight excluding hydrogens is 212 g/mol. The molecule has 0 amide bonds. The van der Waals surface area contributed by atoms with E-state index in [0.29, 0.717) is 0 Å². The Morgan fingerprint density at radius 1 is 1.19 bits per heavy atom. The highest BCUT2D eigenvalue weighted by Gasteiger charge is 2.48. The van der Waals surface area contributed by atoms with Gasteiger partial charge in [0.1, 0.15) is 24.4 Å². The van der Waals surface area contributed by atoms with Gasteiger partial charge in [-0.15, -0.1) is 0 Å². The highest BCUT2D eigenvalue weighted by Crippen LogP contribution is 2.33. The number of hydrogen-bond donors (Lipinski definition) is 3. The van der Waals surface area contributed by atoms with Crippen LogP contribution < -0.4 is 0 Å². The van der Waals surface area contributed by atoms with Crippen molar-refractivity contribution in [3.05, 3.63) is 0 Å². The molecule has 1 aliphatic rings. The number of hydrogen-bond acceptors (Lipinski definition) is 5. The van der Waals surface area contributed by atoms with E-state index in [-0.39, 0.29) is 12.0 Å². The Hall–Kier alpha value is -0.200. The summed E-state index contributed by atoms with van der Waals surface area (Å²) < 4.78 is 10.6. The molecule has 1 rings (SSSR count). The van der Waals surface area contributed by atoms with Gasteiger partial charge < -0.3 is 24.8 Å². The zero-order chi connectivity index (χ0) is 12.5. The molecule has 16 heavy (non-hydrogen) atoms. The molecular formula is C11H22O5. The average Bonchev–Trinajstić information content (AvgIpc) is 2.19. The Bertz CT molecular complexity index is 223. The molecule has 0 aromatic rings. The maximum atomic E-state index is 9.95. The van der Waals surface area contributed by atoms with Crippen LogP contribution in [0.25, 0.3) is 0 Å². The molecule has 0 aromatic heterocycles. The van der Waals surface area contributed by atoms with Crippen LogP contribution in [0.15, 0.2) is 0 Å². The van der Waals surface area contributed by atoms with Gasteiger partial charge in [-0.3, -0.25) is 0 Å². The van der Waals surface area contributed by atoms with Crippen LogP contribution in [0.3, 0.4) is 0 Å². The fourth-order valence-electron chi connectivity index (χ4n) is 2.09. The first-order valence-corrected chi connectivity index (χ1v) is 5.48. The van der Waals surface area contributed by atoms with Crippen molar-refractivity contribution in [1.29, 1.82) is 0 Å². The normalized spacial score (nSPS) is 41.1. The van der Waals surface area contributed by atoms with Crippen LogP contribution in [0.5, 0.6) is 0 Å². The van der Waals surface area contributed by atoms with Crippen molar-refractivity contribution in [2.45, 2.75) is 51.3 Å². The first-order chi connectivity index (χ1) is 7.32. The minimum atomic E-state index is -1.04. The molecule has 1 saturated heterocycles. The van der Waals surface area contributed by atoms with E-state index in [4.69, 9.17) is 9.47 Å². The summed E-state index contributed by atoms with van der Waals surface area (Å²) in [5.74, 6) is 0. The average molecular weight is 234 g/mol. The maximum absolute atomic E-state index is 9.95. The van der Waals surface area contributed by atoms with Gasteiger partial charge in [0.05, 0.1) is 12.7 Å². The zero-order valence-corrected chi connectivity index (χ0v) is 10.3. The van der Waals surface area contributed by atoms with Crippen molar-refractivity contribution in [2.24, 2.45) is 5.41 Å². The minimum absolute atomic E-state index is 0.241. The van der Waals surface area contributed by atoms with E-state index in [1.807, 2.05) is 20.8 Å². The van der Waals surface area contributed by atoms with E-state index in [1.165, 1.54) is 7.11 Å². The summed E-state index contributed by atoms with van der Waals surface area (Å²) in [7, 11) is 1.42. The highest BCUT2D eigenvalue weighted by molar-refractivity contribution is 4.96. The quantitative estimate of drug-likeness (QED) is 0.602. The molecule has 96 valence electrons. The summed E-state index contributed by atoms with van der Waals surface area (Å²) in [6, 6.07) is 0. The Balaban J connectivity index is 2.87. The topological polar surface area (TPSA) is 79.2 Å². The van der Waals surface area contributed by atoms with Crippen molar-refractivity contribution in [2.75, 3.05) is 13.7 Å². The summed E-state index contributed by atoms with van der Waals surface area (Å²) in [5, 5.41) is 29.0. The van der Waals surface area contributed by atoms with Crippen molar-refractivity contribution >= 4 is 0 Å². The third-order valence-electron chi connectivity index (χ3n) is 2.99. The molecule has 5 heteroatoms. The van der Waals surface area contributed by atoms with E-state index in [0.717, 1.165) is 0 Å². The fourth-order valence-corrected chi connectivity index (χ4v) is 2.09. The van der Waals surface area contributed by atoms with E-state index in [9.17, 15) is 15.3 Å². The second kappa shape index (κ2) is 4.98. The van der Waals surface area contributed by atoms with Crippen LogP contribution in [0.1, 0.15) is 20.8 Å². The Morgan fingerprint density at radius 2 is 1.75 bits per heavy atom. The summed E-state index contributed by atoms with van der Waals surface area (Å²) in [6.07, 6.45) is -3.87. The van der Waals surface area contributed by atoms with Gasteiger partial charge in [-0.2, -0.15) is 0 Å². The molecule has 1 heterocycles. The van der Waals surface area contributed by atoms with E-state index in [1.54, 1.807) is 0 Å². The molecule has 0 spiro atoms. The standard InChI is InChI=1S/C11H22O5/c1-11(2,3)10-8(14)7(13)9(15-4)6(5-12)16-10/h6-10,12-14H,5H2,1-4H3/t6?,7?,8-,9+,10-/m1/s1. The molecule has 3 N–H and O–H groups in total. The van der Waals surface area contributed by atoms with Gasteiger partial charge in [-0.1, -0.05) is 20.8 Å². The van der Waals surface area contributed by atoms with Crippen molar-refractivity contribution in [3.8, 4) is 0 Å². The molecule has 0 aromatic carbocycles. The summed E-state index contributed by atoms with van der Waals surface area (Å²) in [5.41, 5.74) is -0.313. The van der Waals surface area contributed by atoms with E-state index in [2.05, 4.69) is 0 Å². The number of methoxy groups -OCH3 is 1. The zero-order valence-electron chi connectivity index (χ0n) is 10.3. The number of aliphatic hydroxyl groups is 3. The van der Waals surface area contributed by atoms with Gasteiger partial charge in [0.25, 0.3) is 0 Å². The molecule has 2 unspecified atom stereocenters. The van der Waals surface area contributed by atoms with Gasteiger partial charge in [-0.05, 0) is 5.41 Å². The second-order valence-corrected chi connectivity index (χ2v) is 5.33. The molecule has 0 bridgehead atoms. The number of aliphatic hydroxyl groups excluding tert-OH is 3. The lowest BCUT2D eigenvalue weighted by molar-refractivity contribution is -0.256. The fraction of sp³-hybridized carbons (Fsp3) is 1.00. The maximum Gasteiger partial charge on any atom is 0.114 e. The largest absolute Gasteiger partial charge is 0.394 e. The van der Waals surface area contributed by atoms with Crippen LogP contribution in [0.4, 0.5) is 0 Å². The van der Waals surface area contributed by atoms with Gasteiger partial charge >= 0.3 is 0 Å². The van der Waals surface area contributed by atoms with Crippen LogP contribution in [-0.2, 0) is 9.47 Å². The minimum Gasteiger partial charge on any atom is -0.394 e. The molecule has 0 saturated carbocycles. The molecule has 1 fully saturated rings. The predicted molar refractivity (Wildman–Crippen MR) is 58.0 cm³/mol. The van der Waals surface area contributed by atoms with Gasteiger partial charge in [0, 0.05) is 7.11 Å². The van der Waals surface area contributed by atoms with Crippen molar-refractivity contribution in [3.63, 3.8) is 0 Å². The number of ether oxygens (including phenoxy) is 2. The van der Waals surface area contributed by atoms with E-state index >= 15 is 0 Å². The third-order valence-corrected chi connectivity index (χ3v) is 2.99. The van der Waals surface area contributed by atoms with Gasteiger partial charge in [0.15, 0.2) is 0 Å². The van der Waals surface area contributed by atoms with Crippen LogP contribution in [0, 0.1) is 5.41 Å². The molecule has 0 aliphatic carbocycles. The van der Waals surface area contributed by atoms with Crippen molar-refractivity contribution in [1.82, 2.24) is 0 Å². The monoisotopic (exact) mass is 234 g/mol. The third kappa shape index (κ3) is 2.55.